The summed E-state index contributed by atoms with van der Waals surface area (Å²) in [7, 11) is 0. The number of hydrogen-bond acceptors (Lipinski definition) is 2. The molecule has 0 amide bonds. The average Bonchev–Trinajstić information content (AvgIpc) is 2.72. The van der Waals surface area contributed by atoms with Crippen molar-refractivity contribution < 1.29 is 14.0 Å². The fourth-order valence-corrected chi connectivity index (χ4v) is 1.37. The number of benzene rings is 1. The molecule has 1 atom stereocenters. The Balaban J connectivity index is 2.64. The summed E-state index contributed by atoms with van der Waals surface area (Å²) in [4.78, 5) is 13.8. The minimum atomic E-state index is -2.75. The molecule has 0 fully saturated rings. The second-order valence-electron chi connectivity index (χ2n) is 3.09. The van der Waals surface area contributed by atoms with E-state index in [0.29, 0.717) is 10.9 Å². The summed E-state index contributed by atoms with van der Waals surface area (Å²) >= 11 is 0. The van der Waals surface area contributed by atoms with E-state index in [9.17, 15) is 4.79 Å². The molecule has 2 rings (SSSR count). The number of carboxylic acid groups (broad SMARTS) is 1. The number of aromatic amines is 1. The number of rotatable bonds is 3. The standard InChI is InChI=1S/C11H12N2O2/c12-9(11(14)15)5-7-6-13-10-4-2-1-3-8(7)10/h1-4,6,9,13H,5,12H2,(H,14,15)/t9-/m0/s1/i5D2,9+1D. The lowest BCUT2D eigenvalue weighted by Gasteiger charge is -2.04. The van der Waals surface area contributed by atoms with E-state index < -0.39 is 18.4 Å². The van der Waals surface area contributed by atoms with Gasteiger partial charge in [-0.2, -0.15) is 0 Å². The summed E-state index contributed by atoms with van der Waals surface area (Å²) in [6, 6.07) is 4.11. The van der Waals surface area contributed by atoms with Crippen LogP contribution in [0.1, 0.15) is 9.68 Å². The largest absolute Gasteiger partial charge is 0.480 e. The topological polar surface area (TPSA) is 79.1 Å². The highest BCUT2D eigenvalue weighted by molar-refractivity contribution is 5.84. The van der Waals surface area contributed by atoms with Crippen molar-refractivity contribution in [1.82, 2.24) is 4.98 Å². The Morgan fingerprint density at radius 1 is 1.67 bits per heavy atom. The van der Waals surface area contributed by atoms with Gasteiger partial charge in [0.15, 0.2) is 0 Å². The Hall–Kier alpha value is -1.81. The van der Waals surface area contributed by atoms with E-state index >= 15 is 0 Å². The molecule has 4 heteroatoms. The summed E-state index contributed by atoms with van der Waals surface area (Å²) < 4.78 is 23.2. The predicted molar refractivity (Wildman–Crippen MR) is 57.6 cm³/mol. The lowest BCUT2D eigenvalue weighted by molar-refractivity contribution is -0.138. The SMILES string of the molecule is [2H]C([2H])(c1c[nH]c2ccccc12)[13C@]([2H])(N)C(=O)O. The van der Waals surface area contributed by atoms with Gasteiger partial charge >= 0.3 is 5.97 Å². The van der Waals surface area contributed by atoms with Crippen LogP contribution >= 0.6 is 0 Å². The number of nitrogens with one attached hydrogen (secondary N) is 1. The Labute approximate surface area is 90.9 Å². The molecule has 0 saturated heterocycles. The van der Waals surface area contributed by atoms with Gasteiger partial charge in [-0.05, 0) is 11.6 Å². The molecule has 4 nitrogen and oxygen atoms in total. The quantitative estimate of drug-likeness (QED) is 0.661. The lowest BCUT2D eigenvalue weighted by Crippen LogP contribution is -2.32. The van der Waals surface area contributed by atoms with E-state index in [1.165, 1.54) is 6.20 Å². The van der Waals surface area contributed by atoms with E-state index in [1.54, 1.807) is 24.3 Å². The molecule has 0 aliphatic carbocycles. The van der Waals surface area contributed by atoms with Crippen molar-refractivity contribution in [1.29, 1.82) is 0 Å². The zero-order valence-electron chi connectivity index (χ0n) is 10.8. The molecule has 2 aromatic rings. The van der Waals surface area contributed by atoms with Crippen LogP contribution in [0.5, 0.6) is 0 Å². The first-order valence-corrected chi connectivity index (χ1v) is 4.37. The van der Waals surface area contributed by atoms with Gasteiger partial charge in [-0.3, -0.25) is 4.79 Å². The van der Waals surface area contributed by atoms with Crippen molar-refractivity contribution in [2.75, 3.05) is 0 Å². The molecule has 78 valence electrons. The molecule has 0 saturated carbocycles. The number of hydrogen-bond donors (Lipinski definition) is 3. The average molecular weight is 208 g/mol. The van der Waals surface area contributed by atoms with Crippen molar-refractivity contribution in [2.24, 2.45) is 5.73 Å². The number of carbonyl (C=O) groups is 1. The third-order valence-corrected chi connectivity index (χ3v) is 2.09. The summed E-state index contributed by atoms with van der Waals surface area (Å²) in [5.74, 6) is -1.71. The van der Waals surface area contributed by atoms with Gasteiger partial charge in [0.1, 0.15) is 6.02 Å². The highest BCUT2D eigenvalue weighted by Crippen LogP contribution is 2.18. The molecule has 4 N–H and O–H groups in total. The first kappa shape index (κ1) is 6.63. The summed E-state index contributed by atoms with van der Waals surface area (Å²) in [6.07, 6.45) is -1.16. The molecule has 15 heavy (non-hydrogen) atoms. The molecule has 0 unspecified atom stereocenters. The van der Waals surface area contributed by atoms with Crippen LogP contribution in [0.25, 0.3) is 10.9 Å². The fraction of sp³-hybridized carbons (Fsp3) is 0.182. The second-order valence-corrected chi connectivity index (χ2v) is 3.09. The predicted octanol–water partition coefficient (Wildman–Crippen LogP) is 1.12. The first-order valence-electron chi connectivity index (χ1n) is 5.87. The van der Waals surface area contributed by atoms with Gasteiger partial charge in [-0.25, -0.2) is 0 Å². The Bertz CT molecular complexity index is 607. The van der Waals surface area contributed by atoms with E-state index in [2.05, 4.69) is 4.98 Å². The van der Waals surface area contributed by atoms with Gasteiger partial charge < -0.3 is 15.8 Å². The maximum absolute atomic E-state index is 10.9. The number of para-hydroxylation sites is 1. The smallest absolute Gasteiger partial charge is 0.320 e. The van der Waals surface area contributed by atoms with Crippen LogP contribution in [0.3, 0.4) is 0 Å². The summed E-state index contributed by atoms with van der Waals surface area (Å²) in [6.45, 7) is 0. The van der Waals surface area contributed by atoms with Crippen LogP contribution in [0.4, 0.5) is 0 Å². The van der Waals surface area contributed by atoms with Crippen molar-refractivity contribution in [2.45, 2.75) is 12.4 Å². The van der Waals surface area contributed by atoms with Crippen molar-refractivity contribution >= 4 is 16.9 Å². The number of fused-ring (bicyclic) bond motifs is 1. The van der Waals surface area contributed by atoms with Crippen molar-refractivity contribution in [3.63, 3.8) is 0 Å². The maximum atomic E-state index is 10.9. The van der Waals surface area contributed by atoms with Gasteiger partial charge in [0.2, 0.25) is 0 Å². The van der Waals surface area contributed by atoms with Gasteiger partial charge in [0.05, 0.1) is 1.37 Å². The number of aliphatic carboxylic acids is 1. The number of H-pyrrole nitrogens is 1. The Morgan fingerprint density at radius 2 is 2.40 bits per heavy atom. The van der Waals surface area contributed by atoms with Gasteiger partial charge in [0.25, 0.3) is 0 Å². The monoisotopic (exact) mass is 208 g/mol. The third-order valence-electron chi connectivity index (χ3n) is 2.09. The molecule has 0 aliphatic heterocycles. The Kier molecular flexibility index (Phi) is 1.66. The van der Waals surface area contributed by atoms with E-state index in [0.717, 1.165) is 0 Å². The highest BCUT2D eigenvalue weighted by Gasteiger charge is 2.14. The van der Waals surface area contributed by atoms with E-state index in [-0.39, 0.29) is 5.56 Å². The number of nitrogens with two attached hydrogens (primary N) is 1. The van der Waals surface area contributed by atoms with Crippen LogP contribution < -0.4 is 5.73 Å². The molecule has 0 radical (unpaired) electrons. The fourth-order valence-electron chi connectivity index (χ4n) is 1.37. The van der Waals surface area contributed by atoms with Crippen LogP contribution in [0.15, 0.2) is 30.5 Å². The van der Waals surface area contributed by atoms with Crippen molar-refractivity contribution in [3.8, 4) is 0 Å². The molecule has 0 aliphatic rings. The lowest BCUT2D eigenvalue weighted by atomic mass is 10.1. The van der Waals surface area contributed by atoms with Gasteiger partial charge in [0, 0.05) is 26.2 Å². The molecule has 0 bridgehead atoms. The molecule has 0 spiro atoms. The number of carboxylic acids is 1. The molecule has 1 aromatic heterocycles. The van der Waals surface area contributed by atoms with E-state index in [1.807, 2.05) is 0 Å². The second kappa shape index (κ2) is 3.74. The number of aromatic nitrogens is 1. The first-order chi connectivity index (χ1) is 8.28. The van der Waals surface area contributed by atoms with E-state index in [4.69, 9.17) is 15.0 Å². The summed E-state index contributed by atoms with van der Waals surface area (Å²) in [5, 5.41) is 9.40. The zero-order chi connectivity index (χ0) is 13.6. The molecule has 1 heterocycles. The highest BCUT2D eigenvalue weighted by atomic mass is 16.4. The van der Waals surface area contributed by atoms with Crippen LogP contribution in [0.2, 0.25) is 0 Å². The maximum Gasteiger partial charge on any atom is 0.320 e. The molecular formula is C11H12N2O2. The van der Waals surface area contributed by atoms with Crippen LogP contribution in [-0.4, -0.2) is 22.1 Å². The van der Waals surface area contributed by atoms with Gasteiger partial charge in [-0.15, -0.1) is 0 Å². The Morgan fingerprint density at radius 3 is 3.13 bits per heavy atom. The minimum Gasteiger partial charge on any atom is -0.480 e. The molecule has 1 aromatic carbocycles. The normalized spacial score (nSPS) is 18.9. The van der Waals surface area contributed by atoms with Crippen LogP contribution in [-0.2, 0) is 11.2 Å². The summed E-state index contributed by atoms with van der Waals surface area (Å²) in [5.41, 5.74) is 6.03. The van der Waals surface area contributed by atoms with Gasteiger partial charge in [-0.1, -0.05) is 18.2 Å². The third kappa shape index (κ3) is 1.85. The minimum absolute atomic E-state index is 0.0676. The van der Waals surface area contributed by atoms with Crippen LogP contribution in [0, 0.1) is 0 Å². The van der Waals surface area contributed by atoms with Crippen molar-refractivity contribution in [3.05, 3.63) is 36.0 Å². The molecular weight excluding hydrogens is 193 g/mol. The zero-order valence-corrected chi connectivity index (χ0v) is 7.82.